The number of carbonyl (C=O) groups excluding carboxylic acids is 1. The van der Waals surface area contributed by atoms with Crippen molar-refractivity contribution >= 4 is 21.6 Å². The van der Waals surface area contributed by atoms with Crippen molar-refractivity contribution in [1.29, 1.82) is 0 Å². The molecule has 2 N–H and O–H groups in total. The second kappa shape index (κ2) is 9.48. The van der Waals surface area contributed by atoms with Crippen LogP contribution in [0, 0.1) is 5.82 Å². The summed E-state index contributed by atoms with van der Waals surface area (Å²) in [7, 11) is -3.96. The molecule has 1 aliphatic rings. The minimum atomic E-state index is -3.96. The lowest BCUT2D eigenvalue weighted by atomic mass is 10.0. The molecule has 0 spiro atoms. The number of alkyl halides is 2. The van der Waals surface area contributed by atoms with Gasteiger partial charge in [0.05, 0.1) is 11.4 Å². The maximum atomic E-state index is 13.0. The van der Waals surface area contributed by atoms with E-state index in [1.165, 1.54) is 36.4 Å². The second-order valence-electron chi connectivity index (χ2n) is 7.08. The van der Waals surface area contributed by atoms with Crippen molar-refractivity contribution in [2.45, 2.75) is 30.2 Å². The highest BCUT2D eigenvalue weighted by molar-refractivity contribution is 7.92. The fourth-order valence-electron chi connectivity index (χ4n) is 3.26. The fourth-order valence-corrected chi connectivity index (χ4v) is 4.36. The van der Waals surface area contributed by atoms with Gasteiger partial charge < -0.3 is 5.32 Å². The Morgan fingerprint density at radius 1 is 1.10 bits per heavy atom. The van der Waals surface area contributed by atoms with Crippen molar-refractivity contribution in [1.82, 2.24) is 10.2 Å². The molecule has 0 atom stereocenters. The SMILES string of the molecule is O=C(NC1CCN(CC(F)F)CC1)c1cccc(S(=O)(=O)Nc2ccc(F)cc2)c1. The average Bonchev–Trinajstić information content (AvgIpc) is 2.71. The number of carbonyl (C=O) groups is 1. The number of anilines is 1. The molecule has 0 unspecified atom stereocenters. The molecule has 0 saturated carbocycles. The lowest BCUT2D eigenvalue weighted by Crippen LogP contribution is -2.45. The van der Waals surface area contributed by atoms with Crippen LogP contribution in [0.4, 0.5) is 18.9 Å². The molecule has 2 aromatic rings. The predicted molar refractivity (Wildman–Crippen MR) is 107 cm³/mol. The highest BCUT2D eigenvalue weighted by Gasteiger charge is 2.23. The number of nitrogens with one attached hydrogen (secondary N) is 2. The van der Waals surface area contributed by atoms with Crippen molar-refractivity contribution in [2.24, 2.45) is 0 Å². The largest absolute Gasteiger partial charge is 0.349 e. The minimum Gasteiger partial charge on any atom is -0.349 e. The Kier molecular flexibility index (Phi) is 6.99. The monoisotopic (exact) mass is 441 g/mol. The van der Waals surface area contributed by atoms with Gasteiger partial charge in [-0.1, -0.05) is 6.07 Å². The molecule has 2 aromatic carbocycles. The number of sulfonamides is 1. The summed E-state index contributed by atoms with van der Waals surface area (Å²) in [5.41, 5.74) is 0.369. The van der Waals surface area contributed by atoms with Gasteiger partial charge in [-0.15, -0.1) is 0 Å². The summed E-state index contributed by atoms with van der Waals surface area (Å²) in [4.78, 5) is 14.1. The lowest BCUT2D eigenvalue weighted by molar-refractivity contribution is 0.0696. The lowest BCUT2D eigenvalue weighted by Gasteiger charge is -2.32. The van der Waals surface area contributed by atoms with E-state index >= 15 is 0 Å². The van der Waals surface area contributed by atoms with E-state index in [9.17, 15) is 26.4 Å². The van der Waals surface area contributed by atoms with Gasteiger partial charge in [-0.2, -0.15) is 0 Å². The number of halogens is 3. The molecule has 10 heteroatoms. The van der Waals surface area contributed by atoms with E-state index < -0.39 is 28.2 Å². The minimum absolute atomic E-state index is 0.105. The first-order valence-corrected chi connectivity index (χ1v) is 10.9. The topological polar surface area (TPSA) is 78.5 Å². The Balaban J connectivity index is 1.63. The quantitative estimate of drug-likeness (QED) is 0.692. The first-order chi connectivity index (χ1) is 14.2. The van der Waals surface area contributed by atoms with Gasteiger partial charge in [0, 0.05) is 30.4 Å². The van der Waals surface area contributed by atoms with Crippen LogP contribution in [0.15, 0.2) is 53.4 Å². The number of benzene rings is 2. The summed E-state index contributed by atoms with van der Waals surface area (Å²) in [5.74, 6) is -0.919. The third-order valence-corrected chi connectivity index (χ3v) is 6.20. The first kappa shape index (κ1) is 22.1. The van der Waals surface area contributed by atoms with Gasteiger partial charge >= 0.3 is 0 Å². The van der Waals surface area contributed by atoms with Gasteiger partial charge in [-0.3, -0.25) is 14.4 Å². The van der Waals surface area contributed by atoms with E-state index in [0.29, 0.717) is 25.9 Å². The molecule has 1 saturated heterocycles. The zero-order valence-corrected chi connectivity index (χ0v) is 16.8. The first-order valence-electron chi connectivity index (χ1n) is 9.43. The number of amides is 1. The van der Waals surface area contributed by atoms with Crippen LogP contribution < -0.4 is 10.0 Å². The molecule has 1 fully saturated rings. The summed E-state index contributed by atoms with van der Waals surface area (Å²) in [6.07, 6.45) is -1.30. The molecule has 6 nitrogen and oxygen atoms in total. The summed E-state index contributed by atoms with van der Waals surface area (Å²) >= 11 is 0. The summed E-state index contributed by atoms with van der Waals surface area (Å²) < 4.78 is 65.4. The predicted octanol–water partition coefficient (Wildman–Crippen LogP) is 3.09. The molecule has 1 amide bonds. The Morgan fingerprint density at radius 2 is 1.77 bits per heavy atom. The molecule has 3 rings (SSSR count). The second-order valence-corrected chi connectivity index (χ2v) is 8.76. The molecule has 0 aromatic heterocycles. The molecule has 0 aliphatic carbocycles. The third-order valence-electron chi connectivity index (χ3n) is 4.82. The van der Waals surface area contributed by atoms with E-state index in [1.54, 1.807) is 4.90 Å². The van der Waals surface area contributed by atoms with Crippen LogP contribution in [0.25, 0.3) is 0 Å². The van der Waals surface area contributed by atoms with Gasteiger partial charge in [0.1, 0.15) is 5.82 Å². The van der Waals surface area contributed by atoms with E-state index in [4.69, 9.17) is 0 Å². The highest BCUT2D eigenvalue weighted by atomic mass is 32.2. The standard InChI is InChI=1S/C20H22F3N3O3S/c21-15-4-6-17(7-5-15)25-30(28,29)18-3-1-2-14(12-18)20(27)24-16-8-10-26(11-9-16)13-19(22)23/h1-7,12,16,19,25H,8-11,13H2,(H,24,27). The van der Waals surface area contributed by atoms with Gasteiger partial charge in [-0.25, -0.2) is 21.6 Å². The number of hydrogen-bond acceptors (Lipinski definition) is 4. The van der Waals surface area contributed by atoms with Crippen LogP contribution in [0.2, 0.25) is 0 Å². The summed E-state index contributed by atoms with van der Waals surface area (Å²) in [5, 5.41) is 2.83. The van der Waals surface area contributed by atoms with Crippen molar-refractivity contribution < 1.29 is 26.4 Å². The molecular weight excluding hydrogens is 419 g/mol. The van der Waals surface area contributed by atoms with E-state index in [2.05, 4.69) is 10.0 Å². The molecule has 0 radical (unpaired) electrons. The number of piperidine rings is 1. The molecule has 162 valence electrons. The number of likely N-dealkylation sites (tertiary alicyclic amines) is 1. The van der Waals surface area contributed by atoms with Crippen LogP contribution in [0.3, 0.4) is 0 Å². The Labute approximate surface area is 173 Å². The zero-order valence-electron chi connectivity index (χ0n) is 16.0. The van der Waals surface area contributed by atoms with E-state index in [-0.39, 0.29) is 28.7 Å². The number of hydrogen-bond donors (Lipinski definition) is 2. The van der Waals surface area contributed by atoms with E-state index in [0.717, 1.165) is 12.1 Å². The molecular formula is C20H22F3N3O3S. The smallest absolute Gasteiger partial charge is 0.261 e. The number of nitrogens with zero attached hydrogens (tertiary/aromatic N) is 1. The molecule has 1 aliphatic heterocycles. The van der Waals surface area contributed by atoms with Gasteiger partial charge in [-0.05, 0) is 55.3 Å². The normalized spacial score (nSPS) is 15.9. The van der Waals surface area contributed by atoms with Crippen LogP contribution in [0.5, 0.6) is 0 Å². The molecule has 30 heavy (non-hydrogen) atoms. The van der Waals surface area contributed by atoms with Crippen molar-refractivity contribution in [3.8, 4) is 0 Å². The zero-order chi connectivity index (χ0) is 21.7. The van der Waals surface area contributed by atoms with Gasteiger partial charge in [0.2, 0.25) is 0 Å². The van der Waals surface area contributed by atoms with Crippen molar-refractivity contribution in [3.63, 3.8) is 0 Å². The van der Waals surface area contributed by atoms with Crippen LogP contribution in [-0.2, 0) is 10.0 Å². The van der Waals surface area contributed by atoms with Crippen LogP contribution in [0.1, 0.15) is 23.2 Å². The van der Waals surface area contributed by atoms with Crippen molar-refractivity contribution in [2.75, 3.05) is 24.4 Å². The van der Waals surface area contributed by atoms with E-state index in [1.807, 2.05) is 0 Å². The Hall–Kier alpha value is -2.59. The molecule has 0 bridgehead atoms. The summed E-state index contributed by atoms with van der Waals surface area (Å²) in [6, 6.07) is 10.3. The Bertz CT molecular complexity index is 976. The van der Waals surface area contributed by atoms with Gasteiger partial charge in [0.15, 0.2) is 0 Å². The van der Waals surface area contributed by atoms with Crippen LogP contribution >= 0.6 is 0 Å². The van der Waals surface area contributed by atoms with Gasteiger partial charge in [0.25, 0.3) is 22.4 Å². The fraction of sp³-hybridized carbons (Fsp3) is 0.350. The maximum Gasteiger partial charge on any atom is 0.261 e. The average molecular weight is 441 g/mol. The Morgan fingerprint density at radius 3 is 2.40 bits per heavy atom. The number of rotatable bonds is 7. The summed E-state index contributed by atoms with van der Waals surface area (Å²) in [6.45, 7) is 0.651. The maximum absolute atomic E-state index is 13.0. The highest BCUT2D eigenvalue weighted by Crippen LogP contribution is 2.18. The van der Waals surface area contributed by atoms with Crippen LogP contribution in [-0.4, -0.2) is 51.3 Å². The van der Waals surface area contributed by atoms with Crippen molar-refractivity contribution in [3.05, 3.63) is 59.9 Å². The molecule has 1 heterocycles. The third kappa shape index (κ3) is 5.96.